The number of hydrogen-bond acceptors (Lipinski definition) is 2. The lowest BCUT2D eigenvalue weighted by atomic mass is 9.70. The summed E-state index contributed by atoms with van der Waals surface area (Å²) in [5.74, 6) is 1.92. The van der Waals surface area contributed by atoms with Crippen molar-refractivity contribution in [2.45, 2.75) is 65.3 Å². The van der Waals surface area contributed by atoms with Crippen molar-refractivity contribution < 1.29 is 0 Å². The lowest BCUT2D eigenvalue weighted by Crippen LogP contribution is -2.40. The van der Waals surface area contributed by atoms with Gasteiger partial charge >= 0.3 is 0 Å². The van der Waals surface area contributed by atoms with Gasteiger partial charge in [-0.3, -0.25) is 4.68 Å². The molecular formula is C18H31N3. The summed E-state index contributed by atoms with van der Waals surface area (Å²) in [6.45, 7) is 8.97. The van der Waals surface area contributed by atoms with Crippen LogP contribution in [0.5, 0.6) is 0 Å². The molecule has 0 saturated heterocycles. The summed E-state index contributed by atoms with van der Waals surface area (Å²) >= 11 is 0. The Bertz CT molecular complexity index is 467. The fraction of sp³-hybridized carbons (Fsp3) is 0.833. The highest BCUT2D eigenvalue weighted by Crippen LogP contribution is 2.56. The minimum absolute atomic E-state index is 0.480. The minimum Gasteiger partial charge on any atom is -0.316 e. The predicted molar refractivity (Wildman–Crippen MR) is 87.4 cm³/mol. The van der Waals surface area contributed by atoms with Gasteiger partial charge in [0.05, 0.1) is 5.69 Å². The topological polar surface area (TPSA) is 29.9 Å². The SMILES string of the molecule is CCNCC1(Cc2ccn(C(C)CC)n2)CC2CCC1C2. The van der Waals surface area contributed by atoms with Crippen molar-refractivity contribution in [1.82, 2.24) is 15.1 Å². The zero-order chi connectivity index (χ0) is 14.9. The Kier molecular flexibility index (Phi) is 4.39. The molecule has 1 aromatic rings. The minimum atomic E-state index is 0.480. The van der Waals surface area contributed by atoms with E-state index in [0.717, 1.165) is 24.8 Å². The van der Waals surface area contributed by atoms with Crippen LogP contribution in [0, 0.1) is 17.3 Å². The summed E-state index contributed by atoms with van der Waals surface area (Å²) in [5.41, 5.74) is 1.79. The Balaban J connectivity index is 1.74. The van der Waals surface area contributed by atoms with Gasteiger partial charge in [-0.05, 0) is 68.9 Å². The second-order valence-corrected chi connectivity index (χ2v) is 7.44. The van der Waals surface area contributed by atoms with Crippen molar-refractivity contribution in [2.24, 2.45) is 17.3 Å². The van der Waals surface area contributed by atoms with Gasteiger partial charge in [-0.1, -0.05) is 20.3 Å². The van der Waals surface area contributed by atoms with Gasteiger partial charge < -0.3 is 5.32 Å². The Hall–Kier alpha value is -0.830. The fourth-order valence-electron chi connectivity index (χ4n) is 4.69. The van der Waals surface area contributed by atoms with E-state index in [1.165, 1.54) is 44.3 Å². The zero-order valence-electron chi connectivity index (χ0n) is 13.9. The van der Waals surface area contributed by atoms with E-state index in [4.69, 9.17) is 5.10 Å². The number of aromatic nitrogens is 2. The number of nitrogens with one attached hydrogen (secondary N) is 1. The molecule has 3 nitrogen and oxygen atoms in total. The first-order valence-electron chi connectivity index (χ1n) is 8.91. The van der Waals surface area contributed by atoms with E-state index in [0.29, 0.717) is 11.5 Å². The van der Waals surface area contributed by atoms with Crippen LogP contribution in [0.15, 0.2) is 12.3 Å². The molecule has 0 radical (unpaired) electrons. The lowest BCUT2D eigenvalue weighted by Gasteiger charge is -2.37. The third kappa shape index (κ3) is 2.90. The Morgan fingerprint density at radius 1 is 1.43 bits per heavy atom. The molecule has 3 rings (SSSR count). The number of nitrogens with zero attached hydrogens (tertiary/aromatic N) is 2. The molecule has 0 aliphatic heterocycles. The second kappa shape index (κ2) is 6.12. The lowest BCUT2D eigenvalue weighted by molar-refractivity contribution is 0.155. The maximum absolute atomic E-state index is 4.87. The molecule has 3 heteroatoms. The summed E-state index contributed by atoms with van der Waals surface area (Å²) in [6.07, 6.45) is 10.3. The van der Waals surface area contributed by atoms with Crippen LogP contribution in [-0.2, 0) is 6.42 Å². The second-order valence-electron chi connectivity index (χ2n) is 7.44. The molecule has 2 fully saturated rings. The smallest absolute Gasteiger partial charge is 0.0630 e. The van der Waals surface area contributed by atoms with Gasteiger partial charge in [0.25, 0.3) is 0 Å². The Morgan fingerprint density at radius 2 is 2.29 bits per heavy atom. The maximum Gasteiger partial charge on any atom is 0.0630 e. The van der Waals surface area contributed by atoms with E-state index in [1.54, 1.807) is 0 Å². The molecule has 4 atom stereocenters. The molecule has 1 heterocycles. The van der Waals surface area contributed by atoms with Crippen LogP contribution in [0.1, 0.15) is 64.6 Å². The van der Waals surface area contributed by atoms with Gasteiger partial charge in [-0.25, -0.2) is 0 Å². The van der Waals surface area contributed by atoms with Crippen LogP contribution < -0.4 is 5.32 Å². The highest BCUT2D eigenvalue weighted by atomic mass is 15.3. The molecule has 0 spiro atoms. The molecule has 2 aliphatic carbocycles. The molecular weight excluding hydrogens is 258 g/mol. The van der Waals surface area contributed by atoms with Crippen LogP contribution >= 0.6 is 0 Å². The van der Waals surface area contributed by atoms with Crippen molar-refractivity contribution in [3.63, 3.8) is 0 Å². The molecule has 2 saturated carbocycles. The van der Waals surface area contributed by atoms with Gasteiger partial charge in [0.2, 0.25) is 0 Å². The third-order valence-electron chi connectivity index (χ3n) is 6.07. The molecule has 118 valence electrons. The summed E-state index contributed by atoms with van der Waals surface area (Å²) in [4.78, 5) is 0. The van der Waals surface area contributed by atoms with E-state index in [-0.39, 0.29) is 0 Å². The summed E-state index contributed by atoms with van der Waals surface area (Å²) < 4.78 is 2.16. The molecule has 1 N–H and O–H groups in total. The molecule has 2 aliphatic rings. The van der Waals surface area contributed by atoms with E-state index in [9.17, 15) is 0 Å². The molecule has 0 aromatic carbocycles. The standard InChI is InChI=1S/C18H31N3/c1-4-14(3)21-9-8-17(20-21)12-18(13-19-5-2)11-15-6-7-16(18)10-15/h8-9,14-16,19H,4-7,10-13H2,1-3H3. The third-order valence-corrected chi connectivity index (χ3v) is 6.07. The highest BCUT2D eigenvalue weighted by molar-refractivity contribution is 5.10. The van der Waals surface area contributed by atoms with Gasteiger partial charge in [0.15, 0.2) is 0 Å². The maximum atomic E-state index is 4.87. The van der Waals surface area contributed by atoms with Gasteiger partial charge in [-0.15, -0.1) is 0 Å². The number of hydrogen-bond donors (Lipinski definition) is 1. The number of fused-ring (bicyclic) bond motifs is 2. The van der Waals surface area contributed by atoms with Crippen molar-refractivity contribution in [3.05, 3.63) is 18.0 Å². The van der Waals surface area contributed by atoms with Crippen molar-refractivity contribution >= 4 is 0 Å². The molecule has 21 heavy (non-hydrogen) atoms. The monoisotopic (exact) mass is 289 g/mol. The first-order chi connectivity index (χ1) is 10.2. The van der Waals surface area contributed by atoms with Crippen LogP contribution in [0.25, 0.3) is 0 Å². The van der Waals surface area contributed by atoms with E-state index < -0.39 is 0 Å². The first kappa shape index (κ1) is 15.1. The average molecular weight is 289 g/mol. The fourth-order valence-corrected chi connectivity index (χ4v) is 4.69. The van der Waals surface area contributed by atoms with Gasteiger partial charge in [0, 0.05) is 18.8 Å². The molecule has 0 amide bonds. The largest absolute Gasteiger partial charge is 0.316 e. The predicted octanol–water partition coefficient (Wildman–Crippen LogP) is 3.81. The zero-order valence-corrected chi connectivity index (χ0v) is 13.9. The summed E-state index contributed by atoms with van der Waals surface area (Å²) in [6, 6.07) is 2.77. The van der Waals surface area contributed by atoms with Crippen molar-refractivity contribution in [3.8, 4) is 0 Å². The van der Waals surface area contributed by atoms with Gasteiger partial charge in [-0.2, -0.15) is 5.10 Å². The summed E-state index contributed by atoms with van der Waals surface area (Å²) in [7, 11) is 0. The van der Waals surface area contributed by atoms with E-state index in [1.807, 2.05) is 0 Å². The first-order valence-corrected chi connectivity index (χ1v) is 8.91. The summed E-state index contributed by atoms with van der Waals surface area (Å²) in [5, 5.41) is 8.51. The van der Waals surface area contributed by atoms with Crippen LogP contribution in [0.2, 0.25) is 0 Å². The Labute approximate surface area is 129 Å². The van der Waals surface area contributed by atoms with Crippen molar-refractivity contribution in [1.29, 1.82) is 0 Å². The molecule has 4 unspecified atom stereocenters. The van der Waals surface area contributed by atoms with Crippen LogP contribution in [0.4, 0.5) is 0 Å². The van der Waals surface area contributed by atoms with Crippen LogP contribution in [0.3, 0.4) is 0 Å². The van der Waals surface area contributed by atoms with E-state index >= 15 is 0 Å². The van der Waals surface area contributed by atoms with Crippen LogP contribution in [-0.4, -0.2) is 22.9 Å². The average Bonchev–Trinajstić information content (AvgIpc) is 3.20. The number of rotatable bonds is 7. The highest BCUT2D eigenvalue weighted by Gasteiger charge is 2.50. The van der Waals surface area contributed by atoms with Gasteiger partial charge in [0.1, 0.15) is 0 Å². The Morgan fingerprint density at radius 3 is 2.90 bits per heavy atom. The molecule has 1 aromatic heterocycles. The van der Waals surface area contributed by atoms with Crippen molar-refractivity contribution in [2.75, 3.05) is 13.1 Å². The molecule has 2 bridgehead atoms. The van der Waals surface area contributed by atoms with E-state index in [2.05, 4.69) is 43.0 Å². The normalized spacial score (nSPS) is 32.7. The quantitative estimate of drug-likeness (QED) is 0.827.